The van der Waals surface area contributed by atoms with E-state index in [2.05, 4.69) is 0 Å². The topological polar surface area (TPSA) is 0 Å². The molecular weight excluding hydrogens is 212 g/mol. The Kier molecular flexibility index (Phi) is 6.21. The Bertz CT molecular complexity index is 116. The fourth-order valence-electron chi connectivity index (χ4n) is 3.29. The van der Waals surface area contributed by atoms with Crippen molar-refractivity contribution < 1.29 is 17.1 Å². The average molecular weight is 236 g/mol. The summed E-state index contributed by atoms with van der Waals surface area (Å²) >= 11 is 0. The molecule has 0 aliphatic heterocycles. The monoisotopic (exact) mass is 236 g/mol. The van der Waals surface area contributed by atoms with Gasteiger partial charge in [-0.05, 0) is 11.8 Å². The van der Waals surface area contributed by atoms with E-state index in [1.54, 1.807) is 38.5 Å². The summed E-state index contributed by atoms with van der Waals surface area (Å²) in [6.07, 6.45) is 16.9. The summed E-state index contributed by atoms with van der Waals surface area (Å²) in [4.78, 5) is 0. The molecule has 0 bridgehead atoms. The summed E-state index contributed by atoms with van der Waals surface area (Å²) in [5.41, 5.74) is 0. The fraction of sp³-hybridized carbons (Fsp3) is 1.00. The fourth-order valence-corrected chi connectivity index (χ4v) is 3.29. The molecule has 0 aromatic rings. The maximum Gasteiger partial charge on any atom is 0 e. The summed E-state index contributed by atoms with van der Waals surface area (Å²) in [6, 6.07) is 0. The molecule has 2 aliphatic rings. The van der Waals surface area contributed by atoms with Crippen molar-refractivity contribution in [1.82, 2.24) is 0 Å². The van der Waals surface area contributed by atoms with Gasteiger partial charge in [0, 0.05) is 17.1 Å². The van der Waals surface area contributed by atoms with Gasteiger partial charge in [0.1, 0.15) is 0 Å². The van der Waals surface area contributed by atoms with Crippen molar-refractivity contribution in [2.45, 2.75) is 70.6 Å². The minimum atomic E-state index is 0. The first kappa shape index (κ1) is 12.6. The Labute approximate surface area is 99.7 Å². The third kappa shape index (κ3) is 3.95. The van der Waals surface area contributed by atoms with E-state index in [0.717, 1.165) is 11.8 Å². The summed E-state index contributed by atoms with van der Waals surface area (Å²) in [6.45, 7) is 0. The van der Waals surface area contributed by atoms with Crippen LogP contribution < -0.4 is 0 Å². The molecule has 0 N–H and O–H groups in total. The van der Waals surface area contributed by atoms with Crippen LogP contribution in [-0.4, -0.2) is 0 Å². The molecule has 0 atom stereocenters. The van der Waals surface area contributed by atoms with E-state index in [9.17, 15) is 0 Å². The number of rotatable bonds is 4. The van der Waals surface area contributed by atoms with E-state index in [4.69, 9.17) is 0 Å². The molecule has 0 nitrogen and oxygen atoms in total. The van der Waals surface area contributed by atoms with Crippen LogP contribution in [0, 0.1) is 11.8 Å². The smallest absolute Gasteiger partial charge is 0 e. The molecule has 0 spiro atoms. The van der Waals surface area contributed by atoms with Crippen LogP contribution in [0.2, 0.25) is 0 Å². The maximum absolute atomic E-state index is 1.55. The van der Waals surface area contributed by atoms with Gasteiger partial charge in [0.15, 0.2) is 0 Å². The van der Waals surface area contributed by atoms with Crippen LogP contribution in [0.25, 0.3) is 0 Å². The second-order valence-electron chi connectivity index (χ2n) is 5.23. The van der Waals surface area contributed by atoms with Gasteiger partial charge in [-0.25, -0.2) is 0 Å². The van der Waals surface area contributed by atoms with Crippen LogP contribution in [0.5, 0.6) is 0 Å². The zero-order valence-corrected chi connectivity index (χ0v) is 10.4. The summed E-state index contributed by atoms with van der Waals surface area (Å²) in [7, 11) is 0. The Balaban J connectivity index is 0.000000980. The van der Waals surface area contributed by atoms with E-state index >= 15 is 0 Å². The molecule has 0 aromatic carbocycles. The molecule has 1 heteroatoms. The molecule has 0 amide bonds. The van der Waals surface area contributed by atoms with Gasteiger partial charge in [0.2, 0.25) is 0 Å². The van der Waals surface area contributed by atoms with Crippen molar-refractivity contribution >= 4 is 0 Å². The average Bonchev–Trinajstić information content (AvgIpc) is 2.75. The predicted molar refractivity (Wildman–Crippen MR) is 57.8 cm³/mol. The Morgan fingerprint density at radius 2 is 1.00 bits per heavy atom. The quantitative estimate of drug-likeness (QED) is 0.629. The van der Waals surface area contributed by atoms with E-state index in [1.165, 1.54) is 32.1 Å². The molecule has 14 heavy (non-hydrogen) atoms. The number of hydrogen-bond donors (Lipinski definition) is 0. The molecule has 2 fully saturated rings. The van der Waals surface area contributed by atoms with E-state index < -0.39 is 0 Å². The standard InChI is InChI=1S/C13H24.Fe/c1-2-7-12(6-1)10-5-11-13-8-3-4-9-13;/h12-13H,1-11H2;. The first-order chi connectivity index (χ1) is 6.45. The molecule has 0 unspecified atom stereocenters. The van der Waals surface area contributed by atoms with Crippen LogP contribution in [0.15, 0.2) is 0 Å². The second kappa shape index (κ2) is 6.90. The Morgan fingerprint density at radius 1 is 0.643 bits per heavy atom. The first-order valence-electron chi connectivity index (χ1n) is 6.45. The van der Waals surface area contributed by atoms with E-state index in [-0.39, 0.29) is 17.1 Å². The van der Waals surface area contributed by atoms with Gasteiger partial charge in [-0.1, -0.05) is 70.6 Å². The maximum atomic E-state index is 1.55. The molecule has 2 saturated carbocycles. The second-order valence-corrected chi connectivity index (χ2v) is 5.23. The SMILES string of the molecule is C1CCC(CCCC2CCCC2)C1.[Fe]. The van der Waals surface area contributed by atoms with Crippen LogP contribution >= 0.6 is 0 Å². The van der Waals surface area contributed by atoms with Gasteiger partial charge in [0.25, 0.3) is 0 Å². The summed E-state index contributed by atoms with van der Waals surface area (Å²) in [5.74, 6) is 2.25. The Hall–Kier alpha value is 0.519. The van der Waals surface area contributed by atoms with Gasteiger partial charge < -0.3 is 0 Å². The zero-order chi connectivity index (χ0) is 8.93. The Morgan fingerprint density at radius 3 is 1.36 bits per heavy atom. The molecule has 0 heterocycles. The molecular formula is C13H24Fe. The third-order valence-electron chi connectivity index (χ3n) is 4.17. The van der Waals surface area contributed by atoms with Gasteiger partial charge in [0.05, 0.1) is 0 Å². The van der Waals surface area contributed by atoms with Crippen LogP contribution in [0.1, 0.15) is 70.6 Å². The van der Waals surface area contributed by atoms with Crippen molar-refractivity contribution in [1.29, 1.82) is 0 Å². The molecule has 0 radical (unpaired) electrons. The molecule has 2 aliphatic carbocycles. The molecule has 84 valence electrons. The number of hydrogen-bond acceptors (Lipinski definition) is 0. The van der Waals surface area contributed by atoms with Crippen LogP contribution in [0.4, 0.5) is 0 Å². The predicted octanol–water partition coefficient (Wildman–Crippen LogP) is 4.53. The van der Waals surface area contributed by atoms with Crippen LogP contribution in [-0.2, 0) is 17.1 Å². The zero-order valence-electron chi connectivity index (χ0n) is 9.29. The van der Waals surface area contributed by atoms with Crippen LogP contribution in [0.3, 0.4) is 0 Å². The molecule has 0 aromatic heterocycles. The van der Waals surface area contributed by atoms with E-state index in [0.29, 0.717) is 0 Å². The molecule has 0 saturated heterocycles. The van der Waals surface area contributed by atoms with Crippen molar-refractivity contribution in [3.63, 3.8) is 0 Å². The normalized spacial score (nSPS) is 24.0. The minimum absolute atomic E-state index is 0. The van der Waals surface area contributed by atoms with Crippen molar-refractivity contribution in [3.05, 3.63) is 0 Å². The van der Waals surface area contributed by atoms with Gasteiger partial charge in [-0.15, -0.1) is 0 Å². The van der Waals surface area contributed by atoms with Crippen molar-refractivity contribution in [2.75, 3.05) is 0 Å². The molecule has 2 rings (SSSR count). The summed E-state index contributed by atoms with van der Waals surface area (Å²) in [5, 5.41) is 0. The van der Waals surface area contributed by atoms with Crippen molar-refractivity contribution in [2.24, 2.45) is 11.8 Å². The first-order valence-corrected chi connectivity index (χ1v) is 6.45. The minimum Gasteiger partial charge on any atom is -0.0530 e. The van der Waals surface area contributed by atoms with E-state index in [1.807, 2.05) is 0 Å². The van der Waals surface area contributed by atoms with Crippen molar-refractivity contribution in [3.8, 4) is 0 Å². The largest absolute Gasteiger partial charge is 0.0530 e. The van der Waals surface area contributed by atoms with Gasteiger partial charge >= 0.3 is 0 Å². The van der Waals surface area contributed by atoms with Gasteiger partial charge in [-0.3, -0.25) is 0 Å². The summed E-state index contributed by atoms with van der Waals surface area (Å²) < 4.78 is 0. The third-order valence-corrected chi connectivity index (χ3v) is 4.17. The van der Waals surface area contributed by atoms with Gasteiger partial charge in [-0.2, -0.15) is 0 Å².